The van der Waals surface area contributed by atoms with E-state index in [9.17, 15) is 70.9 Å². The van der Waals surface area contributed by atoms with Crippen molar-refractivity contribution in [3.8, 4) is 0 Å². The van der Waals surface area contributed by atoms with Crippen molar-refractivity contribution in [2.75, 3.05) is 19.8 Å². The Morgan fingerprint density at radius 1 is 0.697 bits per heavy atom. The lowest BCUT2D eigenvalue weighted by molar-refractivity contribution is -0.339. The number of hydrogen-bond donors (Lipinski definition) is 12. The van der Waals surface area contributed by atoms with Gasteiger partial charge in [-0.3, -0.25) is 4.79 Å². The third-order valence-electron chi connectivity index (χ3n) is 18.8. The summed E-state index contributed by atoms with van der Waals surface area (Å²) in [6.45, 7) is 10.4. The van der Waals surface area contributed by atoms with E-state index < -0.39 is 151 Å². The molecule has 0 aromatic rings. The van der Waals surface area contributed by atoms with Gasteiger partial charge in [0.1, 0.15) is 67.1 Å². The highest BCUT2D eigenvalue weighted by atomic mass is 16.7. The standard InChI is InChI=1S/C47H76O19/c1-21(2)8-7-14-47(61,42(60)66-40-35(56)33(54)31(52)27(19-49)64-40)23-12-16-44(4)22(23)9-10-28-43(3)15-11-24(46(6,41(58)59)29(43)13-17-45(28,44)5)37-36(57)38(25(50)20-62-37)65-39-34(55)32(53)30(51)26(18-48)63-39/h8,22-40,48-57,61H,7,9-20H2,1-6H3,(H,58,59)/t22-,23+,24-,25+,26-,27-,28-,29-,30-,31-,32+,33+,34-,35-,36+,37+,38+,39+,40+,43-,44-,45-,46-,47+/m1/s1. The molecule has 4 saturated carbocycles. The number of esters is 1. The summed E-state index contributed by atoms with van der Waals surface area (Å²) in [7, 11) is 0. The van der Waals surface area contributed by atoms with Gasteiger partial charge >= 0.3 is 11.9 Å². The fourth-order valence-corrected chi connectivity index (χ4v) is 14.9. The first kappa shape index (κ1) is 51.9. The highest BCUT2D eigenvalue weighted by Gasteiger charge is 2.73. The zero-order chi connectivity index (χ0) is 48.6. The number of aliphatic carboxylic acids is 1. The lowest BCUT2D eigenvalue weighted by Crippen LogP contribution is -2.68. The van der Waals surface area contributed by atoms with E-state index in [1.807, 2.05) is 19.9 Å². The van der Waals surface area contributed by atoms with Crippen molar-refractivity contribution in [1.82, 2.24) is 0 Å². The number of carboxylic acid groups (broad SMARTS) is 1. The highest BCUT2D eigenvalue weighted by molar-refractivity contribution is 5.80. The molecule has 378 valence electrons. The van der Waals surface area contributed by atoms with Gasteiger partial charge < -0.3 is 85.0 Å². The average Bonchev–Trinajstić information content (AvgIpc) is 3.63. The summed E-state index contributed by atoms with van der Waals surface area (Å²) in [5.41, 5.74) is -3.82. The van der Waals surface area contributed by atoms with Gasteiger partial charge in [0.05, 0.1) is 31.3 Å². The van der Waals surface area contributed by atoms with E-state index in [0.29, 0.717) is 57.8 Å². The van der Waals surface area contributed by atoms with Crippen molar-refractivity contribution in [1.29, 1.82) is 0 Å². The van der Waals surface area contributed by atoms with Crippen molar-refractivity contribution >= 4 is 11.9 Å². The first-order chi connectivity index (χ1) is 30.9. The predicted molar refractivity (Wildman–Crippen MR) is 228 cm³/mol. The molecule has 0 unspecified atom stereocenters. The van der Waals surface area contributed by atoms with Crippen LogP contribution in [-0.4, -0.2) is 184 Å². The van der Waals surface area contributed by atoms with Crippen LogP contribution in [0.15, 0.2) is 11.6 Å². The first-order valence-corrected chi connectivity index (χ1v) is 23.9. The van der Waals surface area contributed by atoms with Gasteiger partial charge in [0.15, 0.2) is 11.9 Å². The molecule has 0 spiro atoms. The summed E-state index contributed by atoms with van der Waals surface area (Å²) in [5.74, 6) is -3.95. The van der Waals surface area contributed by atoms with Crippen LogP contribution < -0.4 is 0 Å². The van der Waals surface area contributed by atoms with Crippen LogP contribution >= 0.6 is 0 Å². The Bertz CT molecular complexity index is 1780. The molecule has 7 fully saturated rings. The van der Waals surface area contributed by atoms with E-state index in [4.69, 9.17) is 23.7 Å². The van der Waals surface area contributed by atoms with Crippen molar-refractivity contribution < 1.29 is 94.6 Å². The van der Waals surface area contributed by atoms with Gasteiger partial charge in [-0.25, -0.2) is 4.79 Å². The van der Waals surface area contributed by atoms with E-state index in [1.165, 1.54) is 0 Å². The van der Waals surface area contributed by atoms with Gasteiger partial charge in [-0.1, -0.05) is 32.4 Å². The summed E-state index contributed by atoms with van der Waals surface area (Å²) in [5, 5.41) is 129. The van der Waals surface area contributed by atoms with Crippen LogP contribution in [0.5, 0.6) is 0 Å². The second kappa shape index (κ2) is 19.0. The summed E-state index contributed by atoms with van der Waals surface area (Å²) >= 11 is 0. The lowest BCUT2D eigenvalue weighted by atomic mass is 9.34. The van der Waals surface area contributed by atoms with Crippen LogP contribution in [0.2, 0.25) is 0 Å². The summed E-state index contributed by atoms with van der Waals surface area (Å²) < 4.78 is 28.7. The molecule has 24 atom stereocenters. The largest absolute Gasteiger partial charge is 0.481 e. The number of allylic oxidation sites excluding steroid dienone is 2. The Labute approximate surface area is 385 Å². The quantitative estimate of drug-likeness (QED) is 0.0865. The molecule has 0 aromatic heterocycles. The molecule has 0 amide bonds. The zero-order valence-corrected chi connectivity index (χ0v) is 39.0. The minimum atomic E-state index is -2.05. The Morgan fingerprint density at radius 3 is 1.88 bits per heavy atom. The topological polar surface area (TPSA) is 323 Å². The second-order valence-corrected chi connectivity index (χ2v) is 22.0. The third-order valence-corrected chi connectivity index (χ3v) is 18.8. The molecule has 66 heavy (non-hydrogen) atoms. The van der Waals surface area contributed by atoms with Gasteiger partial charge in [0, 0.05) is 11.8 Å². The molecule has 0 aromatic carbocycles. The molecule has 0 bridgehead atoms. The van der Waals surface area contributed by atoms with Gasteiger partial charge in [0.25, 0.3) is 0 Å². The van der Waals surface area contributed by atoms with Crippen molar-refractivity contribution in [2.45, 2.75) is 197 Å². The maximum atomic E-state index is 14.4. The minimum Gasteiger partial charge on any atom is -0.481 e. The number of aliphatic hydroxyl groups is 11. The molecule has 3 heterocycles. The number of carboxylic acids is 1. The van der Waals surface area contributed by atoms with E-state index in [-0.39, 0.29) is 30.3 Å². The van der Waals surface area contributed by atoms with Crippen LogP contribution in [0.3, 0.4) is 0 Å². The fourth-order valence-electron chi connectivity index (χ4n) is 14.9. The van der Waals surface area contributed by atoms with Crippen LogP contribution in [0.1, 0.15) is 106 Å². The highest BCUT2D eigenvalue weighted by Crippen LogP contribution is 2.76. The number of ether oxygens (including phenoxy) is 5. The molecule has 3 aliphatic heterocycles. The Kier molecular flexibility index (Phi) is 15.0. The number of aliphatic hydroxyl groups excluding tert-OH is 10. The molecule has 12 N–H and O–H groups in total. The molecule has 3 saturated heterocycles. The van der Waals surface area contributed by atoms with Crippen molar-refractivity contribution in [2.24, 2.45) is 51.2 Å². The predicted octanol–water partition coefficient (Wildman–Crippen LogP) is -0.521. The number of hydrogen-bond acceptors (Lipinski definition) is 18. The number of carbonyl (C=O) groups is 2. The molecule has 19 heteroatoms. The van der Waals surface area contributed by atoms with Crippen molar-refractivity contribution in [3.63, 3.8) is 0 Å². The molecule has 19 nitrogen and oxygen atoms in total. The van der Waals surface area contributed by atoms with E-state index in [2.05, 4.69) is 20.8 Å². The SMILES string of the molecule is CC(C)=CCC[C@@](O)(C(=O)O[C@@H]1O[C@H](CO)[C@@H](O)[C@H](O)[C@H]1O)[C@H]1CC[C@]2(C)[C@@H]1CC[C@@H]1[C@@]3(C)CC[C@H]([C@@H]4OC[C@H](O)[C@H](O[C@@H]5O[C@H](CO)[C@@H](O)[C@H](O)[C@H]5O)[C@H]4O)[C@@](C)(C(=O)O)[C@@H]3CC[C@]12C. The first-order valence-electron chi connectivity index (χ1n) is 23.9. The van der Waals surface area contributed by atoms with Crippen LogP contribution in [0.4, 0.5) is 0 Å². The zero-order valence-electron chi connectivity index (χ0n) is 39.0. The fraction of sp³-hybridized carbons (Fsp3) is 0.915. The third kappa shape index (κ3) is 8.20. The molecule has 7 aliphatic rings. The smallest absolute Gasteiger partial charge is 0.340 e. The monoisotopic (exact) mass is 944 g/mol. The second-order valence-electron chi connectivity index (χ2n) is 22.0. The van der Waals surface area contributed by atoms with Gasteiger partial charge in [0.2, 0.25) is 6.29 Å². The Morgan fingerprint density at radius 2 is 1.29 bits per heavy atom. The summed E-state index contributed by atoms with van der Waals surface area (Å²) in [6, 6.07) is 0. The molecular weight excluding hydrogens is 868 g/mol. The minimum absolute atomic E-state index is 0.00447. The number of fused-ring (bicyclic) bond motifs is 5. The van der Waals surface area contributed by atoms with E-state index in [0.717, 1.165) is 5.57 Å². The van der Waals surface area contributed by atoms with E-state index >= 15 is 0 Å². The summed E-state index contributed by atoms with van der Waals surface area (Å²) in [4.78, 5) is 28.2. The van der Waals surface area contributed by atoms with Crippen LogP contribution in [-0.2, 0) is 33.3 Å². The Balaban J connectivity index is 1.13. The van der Waals surface area contributed by atoms with E-state index in [1.54, 1.807) is 6.92 Å². The number of carbonyl (C=O) groups excluding carboxylic acids is 1. The lowest BCUT2D eigenvalue weighted by Gasteiger charge is -2.70. The van der Waals surface area contributed by atoms with Gasteiger partial charge in [-0.05, 0) is 119 Å². The van der Waals surface area contributed by atoms with Crippen LogP contribution in [0.25, 0.3) is 0 Å². The molecule has 7 rings (SSSR count). The van der Waals surface area contributed by atoms with Gasteiger partial charge in [-0.2, -0.15) is 0 Å². The van der Waals surface area contributed by atoms with Crippen LogP contribution in [0, 0.1) is 51.2 Å². The maximum absolute atomic E-state index is 14.4. The van der Waals surface area contributed by atoms with Crippen molar-refractivity contribution in [3.05, 3.63) is 11.6 Å². The number of rotatable bonds is 12. The van der Waals surface area contributed by atoms with Gasteiger partial charge in [-0.15, -0.1) is 0 Å². The molecule has 0 radical (unpaired) electrons. The normalized spacial score (nSPS) is 51.4. The maximum Gasteiger partial charge on any atom is 0.340 e. The average molecular weight is 945 g/mol. The summed E-state index contributed by atoms with van der Waals surface area (Å²) in [6.07, 6.45) is -15.4. The molecule has 4 aliphatic carbocycles. The Hall–Kier alpha value is -1.92. The molecular formula is C47H76O19.